The topological polar surface area (TPSA) is 69.2 Å². The minimum atomic E-state index is -0.365. The Morgan fingerprint density at radius 3 is 2.04 bits per heavy atom. The number of rotatable bonds is 8. The number of nitrogens with zero attached hydrogens (tertiary/aromatic N) is 1. The highest BCUT2D eigenvalue weighted by molar-refractivity contribution is 6.01. The van der Waals surface area contributed by atoms with Crippen molar-refractivity contribution in [1.82, 2.24) is 5.43 Å². The van der Waals surface area contributed by atoms with Crippen molar-refractivity contribution < 1.29 is 19.0 Å². The standard InChI is InChI=1S/C21H26N2O4/c1-6-7-15-8-10-16(11-9-15)14(2)22-23-21(24)17-12-18(25-3)20(27-5)19(13-17)26-4/h8-13H,6-7H2,1-5H3,(H,23,24)/b22-14-. The molecule has 144 valence electrons. The molecule has 0 aromatic heterocycles. The molecule has 2 rings (SSSR count). The highest BCUT2D eigenvalue weighted by Crippen LogP contribution is 2.38. The summed E-state index contributed by atoms with van der Waals surface area (Å²) < 4.78 is 15.8. The van der Waals surface area contributed by atoms with E-state index in [2.05, 4.69) is 29.6 Å². The number of nitrogens with one attached hydrogen (secondary N) is 1. The molecule has 0 aliphatic carbocycles. The van der Waals surface area contributed by atoms with Crippen LogP contribution in [-0.4, -0.2) is 32.9 Å². The quantitative estimate of drug-likeness (QED) is 0.566. The van der Waals surface area contributed by atoms with E-state index in [9.17, 15) is 4.79 Å². The van der Waals surface area contributed by atoms with Crippen LogP contribution in [0.15, 0.2) is 41.5 Å². The SMILES string of the molecule is CCCc1ccc(/C(C)=N\NC(=O)c2cc(OC)c(OC)c(OC)c2)cc1. The Bertz CT molecular complexity index is 788. The van der Waals surface area contributed by atoms with Crippen molar-refractivity contribution in [1.29, 1.82) is 0 Å². The van der Waals surface area contributed by atoms with Crippen LogP contribution in [0.25, 0.3) is 0 Å². The van der Waals surface area contributed by atoms with Gasteiger partial charge in [0.1, 0.15) is 0 Å². The molecule has 0 heterocycles. The first-order valence-corrected chi connectivity index (χ1v) is 8.78. The highest BCUT2D eigenvalue weighted by Gasteiger charge is 2.16. The maximum Gasteiger partial charge on any atom is 0.271 e. The van der Waals surface area contributed by atoms with Gasteiger partial charge >= 0.3 is 0 Å². The minimum absolute atomic E-state index is 0.361. The van der Waals surface area contributed by atoms with E-state index in [1.165, 1.54) is 26.9 Å². The van der Waals surface area contributed by atoms with Crippen LogP contribution in [0.3, 0.4) is 0 Å². The van der Waals surface area contributed by atoms with E-state index in [-0.39, 0.29) is 5.91 Å². The van der Waals surface area contributed by atoms with Gasteiger partial charge in [0.25, 0.3) is 5.91 Å². The number of amides is 1. The van der Waals surface area contributed by atoms with Gasteiger partial charge in [0.2, 0.25) is 5.75 Å². The number of hydrogen-bond acceptors (Lipinski definition) is 5. The lowest BCUT2D eigenvalue weighted by molar-refractivity contribution is 0.0954. The fourth-order valence-corrected chi connectivity index (χ4v) is 2.68. The van der Waals surface area contributed by atoms with Gasteiger partial charge < -0.3 is 14.2 Å². The van der Waals surface area contributed by atoms with Crippen LogP contribution >= 0.6 is 0 Å². The number of methoxy groups -OCH3 is 3. The molecule has 1 N–H and O–H groups in total. The van der Waals surface area contributed by atoms with Gasteiger partial charge in [-0.15, -0.1) is 0 Å². The van der Waals surface area contributed by atoms with E-state index in [1.807, 2.05) is 19.1 Å². The third-order valence-electron chi connectivity index (χ3n) is 4.16. The van der Waals surface area contributed by atoms with Crippen molar-refractivity contribution in [3.05, 3.63) is 53.1 Å². The van der Waals surface area contributed by atoms with Crippen molar-refractivity contribution in [2.75, 3.05) is 21.3 Å². The molecule has 2 aromatic carbocycles. The number of hydrogen-bond donors (Lipinski definition) is 1. The minimum Gasteiger partial charge on any atom is -0.493 e. The summed E-state index contributed by atoms with van der Waals surface area (Å²) in [6, 6.07) is 11.4. The molecule has 0 unspecified atom stereocenters. The Morgan fingerprint density at radius 1 is 0.963 bits per heavy atom. The lowest BCUT2D eigenvalue weighted by atomic mass is 10.1. The second-order valence-corrected chi connectivity index (χ2v) is 6.00. The lowest BCUT2D eigenvalue weighted by Crippen LogP contribution is -2.19. The molecule has 2 aromatic rings. The van der Waals surface area contributed by atoms with Crippen molar-refractivity contribution >= 4 is 11.6 Å². The number of benzene rings is 2. The van der Waals surface area contributed by atoms with Crippen LogP contribution in [0.5, 0.6) is 17.2 Å². The molecule has 6 nitrogen and oxygen atoms in total. The fourth-order valence-electron chi connectivity index (χ4n) is 2.68. The Balaban J connectivity index is 2.17. The van der Waals surface area contributed by atoms with Crippen molar-refractivity contribution in [2.45, 2.75) is 26.7 Å². The molecule has 0 bridgehead atoms. The van der Waals surface area contributed by atoms with Crippen LogP contribution in [0.1, 0.15) is 41.8 Å². The molecule has 6 heteroatoms. The summed E-state index contributed by atoms with van der Waals surface area (Å²) in [6.45, 7) is 4.00. The summed E-state index contributed by atoms with van der Waals surface area (Å²) >= 11 is 0. The molecular weight excluding hydrogens is 344 g/mol. The molecule has 0 saturated carbocycles. The van der Waals surface area contributed by atoms with E-state index in [1.54, 1.807) is 12.1 Å². The maximum atomic E-state index is 12.5. The average molecular weight is 370 g/mol. The van der Waals surface area contributed by atoms with E-state index >= 15 is 0 Å². The predicted octanol–water partition coefficient (Wildman–Crippen LogP) is 3.82. The summed E-state index contributed by atoms with van der Waals surface area (Å²) in [5.74, 6) is 0.892. The molecule has 0 saturated heterocycles. The van der Waals surface area contributed by atoms with Gasteiger partial charge in [0.05, 0.1) is 27.0 Å². The summed E-state index contributed by atoms with van der Waals surface area (Å²) in [4.78, 5) is 12.5. The Morgan fingerprint density at radius 2 is 1.56 bits per heavy atom. The van der Waals surface area contributed by atoms with Gasteiger partial charge in [0, 0.05) is 5.56 Å². The first-order valence-electron chi connectivity index (χ1n) is 8.78. The molecule has 0 aliphatic rings. The lowest BCUT2D eigenvalue weighted by Gasteiger charge is -2.13. The van der Waals surface area contributed by atoms with Crippen LogP contribution in [-0.2, 0) is 6.42 Å². The average Bonchev–Trinajstić information content (AvgIpc) is 2.71. The normalized spacial score (nSPS) is 11.1. The van der Waals surface area contributed by atoms with Gasteiger partial charge in [-0.05, 0) is 36.6 Å². The summed E-state index contributed by atoms with van der Waals surface area (Å²) in [5.41, 5.74) is 5.90. The molecule has 0 radical (unpaired) electrons. The van der Waals surface area contributed by atoms with E-state index < -0.39 is 0 Å². The first-order chi connectivity index (χ1) is 13.0. The monoisotopic (exact) mass is 370 g/mol. The Labute approximate surface area is 160 Å². The number of carbonyl (C=O) groups excluding carboxylic acids is 1. The third kappa shape index (κ3) is 5.00. The third-order valence-corrected chi connectivity index (χ3v) is 4.16. The van der Waals surface area contributed by atoms with Crippen LogP contribution in [0, 0.1) is 0 Å². The van der Waals surface area contributed by atoms with Gasteiger partial charge in [0.15, 0.2) is 11.5 Å². The van der Waals surface area contributed by atoms with Crippen LogP contribution in [0.2, 0.25) is 0 Å². The molecule has 0 aliphatic heterocycles. The van der Waals surface area contributed by atoms with Crippen LogP contribution in [0.4, 0.5) is 0 Å². The smallest absolute Gasteiger partial charge is 0.271 e. The summed E-state index contributed by atoms with van der Waals surface area (Å²) in [5, 5.41) is 4.20. The first kappa shape index (κ1) is 20.3. The van der Waals surface area contributed by atoms with Gasteiger partial charge in [-0.2, -0.15) is 5.10 Å². The van der Waals surface area contributed by atoms with Gasteiger partial charge in [-0.3, -0.25) is 4.79 Å². The van der Waals surface area contributed by atoms with Crippen molar-refractivity contribution in [3.8, 4) is 17.2 Å². The molecule has 0 atom stereocenters. The van der Waals surface area contributed by atoms with Gasteiger partial charge in [-0.1, -0.05) is 37.6 Å². The summed E-state index contributed by atoms with van der Waals surface area (Å²) in [6.07, 6.45) is 2.16. The Hall–Kier alpha value is -3.02. The highest BCUT2D eigenvalue weighted by atomic mass is 16.5. The number of ether oxygens (including phenoxy) is 3. The largest absolute Gasteiger partial charge is 0.493 e. The zero-order chi connectivity index (χ0) is 19.8. The second-order valence-electron chi connectivity index (χ2n) is 6.00. The fraction of sp³-hybridized carbons (Fsp3) is 0.333. The van der Waals surface area contributed by atoms with Crippen LogP contribution < -0.4 is 19.6 Å². The molecular formula is C21H26N2O4. The zero-order valence-corrected chi connectivity index (χ0v) is 16.5. The second kappa shape index (κ2) is 9.62. The van der Waals surface area contributed by atoms with Crippen molar-refractivity contribution in [2.24, 2.45) is 5.10 Å². The van der Waals surface area contributed by atoms with E-state index in [0.29, 0.717) is 22.8 Å². The zero-order valence-electron chi connectivity index (χ0n) is 16.5. The summed E-state index contributed by atoms with van der Waals surface area (Å²) in [7, 11) is 4.52. The predicted molar refractivity (Wildman–Crippen MR) is 106 cm³/mol. The number of hydrazone groups is 1. The number of carbonyl (C=O) groups is 1. The van der Waals surface area contributed by atoms with E-state index in [4.69, 9.17) is 14.2 Å². The molecule has 0 fully saturated rings. The van der Waals surface area contributed by atoms with Crippen molar-refractivity contribution in [3.63, 3.8) is 0 Å². The Kier molecular flexibility index (Phi) is 7.23. The molecule has 0 spiro atoms. The van der Waals surface area contributed by atoms with E-state index in [0.717, 1.165) is 24.1 Å². The maximum absolute atomic E-state index is 12.5. The molecule has 27 heavy (non-hydrogen) atoms. The van der Waals surface area contributed by atoms with Gasteiger partial charge in [-0.25, -0.2) is 5.43 Å². The molecule has 1 amide bonds. The number of aryl methyl sites for hydroxylation is 1.